The SMILES string of the molecule is C[C@H](C(=O)Nc1cnc2n1CCCC2)N(C)C1CCCCC1. The Morgan fingerprint density at radius 2 is 2.09 bits per heavy atom. The molecule has 2 heterocycles. The number of aryl methyl sites for hydroxylation is 1. The van der Waals surface area contributed by atoms with Gasteiger partial charge in [0.2, 0.25) is 5.91 Å². The number of nitrogens with one attached hydrogen (secondary N) is 1. The molecule has 1 amide bonds. The van der Waals surface area contributed by atoms with E-state index in [0.29, 0.717) is 6.04 Å². The summed E-state index contributed by atoms with van der Waals surface area (Å²) in [5.74, 6) is 2.06. The van der Waals surface area contributed by atoms with E-state index in [2.05, 4.69) is 26.8 Å². The molecule has 122 valence electrons. The van der Waals surface area contributed by atoms with Crippen LogP contribution >= 0.6 is 0 Å². The van der Waals surface area contributed by atoms with Gasteiger partial charge in [-0.2, -0.15) is 0 Å². The molecule has 2 aliphatic rings. The molecule has 0 unspecified atom stereocenters. The largest absolute Gasteiger partial charge is 0.315 e. The van der Waals surface area contributed by atoms with Crippen LogP contribution < -0.4 is 5.32 Å². The number of carbonyl (C=O) groups excluding carboxylic acids is 1. The Hall–Kier alpha value is -1.36. The quantitative estimate of drug-likeness (QED) is 0.930. The minimum atomic E-state index is -0.0992. The second kappa shape index (κ2) is 6.82. The number of hydrogen-bond acceptors (Lipinski definition) is 3. The number of rotatable bonds is 4. The van der Waals surface area contributed by atoms with Crippen LogP contribution in [0.1, 0.15) is 57.7 Å². The van der Waals surface area contributed by atoms with Crippen molar-refractivity contribution in [3.05, 3.63) is 12.0 Å². The van der Waals surface area contributed by atoms with Gasteiger partial charge in [0.15, 0.2) is 0 Å². The lowest BCUT2D eigenvalue weighted by Crippen LogP contribution is -2.46. The summed E-state index contributed by atoms with van der Waals surface area (Å²) in [5, 5.41) is 3.09. The first-order chi connectivity index (χ1) is 10.7. The Balaban J connectivity index is 1.62. The molecule has 0 bridgehead atoms. The number of amides is 1. The van der Waals surface area contributed by atoms with Crippen molar-refractivity contribution in [1.82, 2.24) is 14.5 Å². The molecule has 1 N–H and O–H groups in total. The molecule has 1 fully saturated rings. The van der Waals surface area contributed by atoms with Crippen molar-refractivity contribution < 1.29 is 4.79 Å². The first-order valence-corrected chi connectivity index (χ1v) is 8.74. The first-order valence-electron chi connectivity index (χ1n) is 8.74. The Morgan fingerprint density at radius 3 is 2.86 bits per heavy atom. The highest BCUT2D eigenvalue weighted by Gasteiger charge is 2.27. The van der Waals surface area contributed by atoms with Gasteiger partial charge < -0.3 is 9.88 Å². The summed E-state index contributed by atoms with van der Waals surface area (Å²) in [6, 6.07) is 0.451. The van der Waals surface area contributed by atoms with E-state index in [9.17, 15) is 4.79 Å². The fourth-order valence-corrected chi connectivity index (χ4v) is 3.74. The molecule has 0 spiro atoms. The maximum Gasteiger partial charge on any atom is 0.242 e. The molecule has 0 radical (unpaired) electrons. The second-order valence-corrected chi connectivity index (χ2v) is 6.79. The van der Waals surface area contributed by atoms with Crippen LogP contribution in [0.4, 0.5) is 5.82 Å². The number of fused-ring (bicyclic) bond motifs is 1. The second-order valence-electron chi connectivity index (χ2n) is 6.79. The molecular weight excluding hydrogens is 276 g/mol. The molecule has 3 rings (SSSR count). The minimum Gasteiger partial charge on any atom is -0.315 e. The van der Waals surface area contributed by atoms with Crippen LogP contribution in [0.15, 0.2) is 6.20 Å². The summed E-state index contributed by atoms with van der Waals surface area (Å²) in [6.45, 7) is 2.98. The molecule has 0 saturated heterocycles. The van der Waals surface area contributed by atoms with Crippen LogP contribution in [0.5, 0.6) is 0 Å². The van der Waals surface area contributed by atoms with E-state index >= 15 is 0 Å². The van der Waals surface area contributed by atoms with Crippen LogP contribution in [0.2, 0.25) is 0 Å². The van der Waals surface area contributed by atoms with Gasteiger partial charge >= 0.3 is 0 Å². The molecule has 22 heavy (non-hydrogen) atoms. The molecule has 5 heteroatoms. The number of anilines is 1. The van der Waals surface area contributed by atoms with Crippen molar-refractivity contribution >= 4 is 11.7 Å². The van der Waals surface area contributed by atoms with Crippen LogP contribution in [-0.2, 0) is 17.8 Å². The number of nitrogens with zero attached hydrogens (tertiary/aromatic N) is 3. The lowest BCUT2D eigenvalue weighted by atomic mass is 9.93. The average Bonchev–Trinajstić information content (AvgIpc) is 2.97. The summed E-state index contributed by atoms with van der Waals surface area (Å²) in [4.78, 5) is 19.3. The van der Waals surface area contributed by atoms with Gasteiger partial charge in [0.05, 0.1) is 12.2 Å². The third kappa shape index (κ3) is 3.19. The fourth-order valence-electron chi connectivity index (χ4n) is 3.74. The number of likely N-dealkylation sites (N-methyl/N-ethyl adjacent to an activating group) is 1. The van der Waals surface area contributed by atoms with Gasteiger partial charge in [-0.3, -0.25) is 9.69 Å². The maximum atomic E-state index is 12.6. The van der Waals surface area contributed by atoms with E-state index in [-0.39, 0.29) is 11.9 Å². The van der Waals surface area contributed by atoms with E-state index in [0.717, 1.165) is 24.6 Å². The molecule has 1 aliphatic heterocycles. The van der Waals surface area contributed by atoms with Gasteiger partial charge in [0.1, 0.15) is 11.6 Å². The van der Waals surface area contributed by atoms with Crippen LogP contribution in [0, 0.1) is 0 Å². The van der Waals surface area contributed by atoms with Gasteiger partial charge in [0, 0.05) is 19.0 Å². The van der Waals surface area contributed by atoms with Crippen molar-refractivity contribution in [2.75, 3.05) is 12.4 Å². The molecule has 1 aromatic heterocycles. The zero-order valence-corrected chi connectivity index (χ0v) is 13.8. The van der Waals surface area contributed by atoms with Crippen LogP contribution in [0.25, 0.3) is 0 Å². The fraction of sp³-hybridized carbons (Fsp3) is 0.765. The molecule has 5 nitrogen and oxygen atoms in total. The van der Waals surface area contributed by atoms with Crippen molar-refractivity contribution in [2.45, 2.75) is 76.9 Å². The summed E-state index contributed by atoms with van der Waals surface area (Å²) in [5.41, 5.74) is 0. The lowest BCUT2D eigenvalue weighted by Gasteiger charge is -2.34. The predicted molar refractivity (Wildman–Crippen MR) is 87.9 cm³/mol. The van der Waals surface area contributed by atoms with Gasteiger partial charge in [-0.05, 0) is 39.7 Å². The summed E-state index contributed by atoms with van der Waals surface area (Å²) in [6.07, 6.45) is 11.6. The third-order valence-electron chi connectivity index (χ3n) is 5.36. The Labute approximate surface area is 133 Å². The molecule has 1 aromatic rings. The van der Waals surface area contributed by atoms with E-state index in [1.165, 1.54) is 44.9 Å². The van der Waals surface area contributed by atoms with Gasteiger partial charge in [0.25, 0.3) is 0 Å². The van der Waals surface area contributed by atoms with E-state index in [1.807, 2.05) is 13.1 Å². The number of hydrogen-bond donors (Lipinski definition) is 1. The Bertz CT molecular complexity index is 519. The molecule has 1 saturated carbocycles. The topological polar surface area (TPSA) is 50.2 Å². The number of imidazole rings is 1. The zero-order chi connectivity index (χ0) is 15.5. The van der Waals surface area contributed by atoms with Crippen molar-refractivity contribution in [2.24, 2.45) is 0 Å². The highest BCUT2D eigenvalue weighted by Crippen LogP contribution is 2.24. The van der Waals surface area contributed by atoms with Crippen molar-refractivity contribution in [3.63, 3.8) is 0 Å². The van der Waals surface area contributed by atoms with Gasteiger partial charge in [-0.15, -0.1) is 0 Å². The molecular formula is C17H28N4O. The monoisotopic (exact) mass is 304 g/mol. The molecule has 0 aromatic carbocycles. The van der Waals surface area contributed by atoms with E-state index < -0.39 is 0 Å². The van der Waals surface area contributed by atoms with Crippen LogP contribution in [-0.4, -0.2) is 39.5 Å². The number of carbonyl (C=O) groups is 1. The number of aromatic nitrogens is 2. The highest BCUT2D eigenvalue weighted by molar-refractivity contribution is 5.93. The Morgan fingerprint density at radius 1 is 1.32 bits per heavy atom. The van der Waals surface area contributed by atoms with Crippen molar-refractivity contribution in [1.29, 1.82) is 0 Å². The zero-order valence-electron chi connectivity index (χ0n) is 13.8. The summed E-state index contributed by atoms with van der Waals surface area (Å²) >= 11 is 0. The maximum absolute atomic E-state index is 12.6. The summed E-state index contributed by atoms with van der Waals surface area (Å²) in [7, 11) is 2.09. The highest BCUT2D eigenvalue weighted by atomic mass is 16.2. The van der Waals surface area contributed by atoms with Crippen LogP contribution in [0.3, 0.4) is 0 Å². The smallest absolute Gasteiger partial charge is 0.242 e. The minimum absolute atomic E-state index is 0.0846. The standard InChI is InChI=1S/C17H28N4O/c1-13(20(2)14-8-4-3-5-9-14)17(22)19-16-12-18-15-10-6-7-11-21(15)16/h12-14H,3-11H2,1-2H3,(H,19,22)/t13-/m1/s1. The molecule has 1 atom stereocenters. The summed E-state index contributed by atoms with van der Waals surface area (Å²) < 4.78 is 2.16. The molecule has 1 aliphatic carbocycles. The lowest BCUT2D eigenvalue weighted by molar-refractivity contribution is -0.121. The normalized spacial score (nSPS) is 20.7. The average molecular weight is 304 g/mol. The van der Waals surface area contributed by atoms with Gasteiger partial charge in [-0.25, -0.2) is 4.98 Å². The first kappa shape index (κ1) is 15.5. The van der Waals surface area contributed by atoms with E-state index in [1.54, 1.807) is 0 Å². The Kier molecular flexibility index (Phi) is 4.81. The van der Waals surface area contributed by atoms with Crippen molar-refractivity contribution in [3.8, 4) is 0 Å². The van der Waals surface area contributed by atoms with E-state index in [4.69, 9.17) is 0 Å². The van der Waals surface area contributed by atoms with Gasteiger partial charge in [-0.1, -0.05) is 19.3 Å². The third-order valence-corrected chi connectivity index (χ3v) is 5.36. The predicted octanol–water partition coefficient (Wildman–Crippen LogP) is 2.81.